The van der Waals surface area contributed by atoms with Gasteiger partial charge in [0.2, 0.25) is 5.78 Å². The maximum Gasteiger partial charge on any atom is 0.261 e. The molecule has 82 valence electrons. The fourth-order valence-electron chi connectivity index (χ4n) is 1.43. The average Bonchev–Trinajstić information content (AvgIpc) is 2.71. The first-order valence-electron chi connectivity index (χ1n) is 5.03. The van der Waals surface area contributed by atoms with E-state index in [-0.39, 0.29) is 11.3 Å². The van der Waals surface area contributed by atoms with Crippen molar-refractivity contribution < 1.29 is 4.79 Å². The normalized spacial score (nSPS) is 10.3. The molecule has 1 heterocycles. The van der Waals surface area contributed by atoms with E-state index < -0.39 is 0 Å². The van der Waals surface area contributed by atoms with Crippen LogP contribution in [0.25, 0.3) is 0 Å². The topological polar surface area (TPSA) is 39.1 Å². The molecule has 2 rings (SSSR count). The molecule has 1 aromatic heterocycles. The lowest BCUT2D eigenvalue weighted by molar-refractivity contribution is 0.104. The van der Waals surface area contributed by atoms with Crippen LogP contribution in [-0.4, -0.2) is 9.74 Å². The third kappa shape index (κ3) is 1.97. The summed E-state index contributed by atoms with van der Waals surface area (Å²) in [7, 11) is 0. The third-order valence-electron chi connectivity index (χ3n) is 2.26. The van der Waals surface area contributed by atoms with E-state index in [1.165, 1.54) is 17.6 Å². The van der Waals surface area contributed by atoms with Gasteiger partial charge < -0.3 is 0 Å². The van der Waals surface area contributed by atoms with Crippen molar-refractivity contribution in [2.24, 2.45) is 0 Å². The molecule has 16 heavy (non-hydrogen) atoms. The van der Waals surface area contributed by atoms with E-state index >= 15 is 0 Å². The van der Waals surface area contributed by atoms with Crippen LogP contribution in [0.15, 0.2) is 41.2 Å². The van der Waals surface area contributed by atoms with Crippen LogP contribution in [0.2, 0.25) is 0 Å². The number of benzene rings is 1. The van der Waals surface area contributed by atoms with Crippen LogP contribution in [0.5, 0.6) is 0 Å². The number of rotatable bonds is 3. The van der Waals surface area contributed by atoms with Crippen molar-refractivity contribution in [2.75, 3.05) is 0 Å². The summed E-state index contributed by atoms with van der Waals surface area (Å²) in [5.41, 5.74) is 0.513. The van der Waals surface area contributed by atoms with Crippen molar-refractivity contribution in [3.63, 3.8) is 0 Å². The van der Waals surface area contributed by atoms with Crippen LogP contribution in [0.4, 0.5) is 0 Å². The summed E-state index contributed by atoms with van der Waals surface area (Å²) < 4.78 is 1.57. The smallest absolute Gasteiger partial charge is 0.261 e. The number of carbonyl (C=O) groups is 1. The Hall–Kier alpha value is -1.68. The number of hydrogen-bond donors (Lipinski definition) is 0. The van der Waals surface area contributed by atoms with E-state index in [1.807, 2.05) is 25.1 Å². The predicted molar refractivity (Wildman–Crippen MR) is 64.1 cm³/mol. The first kappa shape index (κ1) is 10.8. The first-order chi connectivity index (χ1) is 7.72. The maximum atomic E-state index is 12.0. The van der Waals surface area contributed by atoms with Gasteiger partial charge in [0.15, 0.2) is 0 Å². The van der Waals surface area contributed by atoms with Gasteiger partial charge in [-0.25, -0.2) is 0 Å². The molecule has 0 bridgehead atoms. The standard InChI is InChI=1S/C12H11NO2S/c1-2-13-11(14)8-10(16-13)12(15)9-6-4-3-5-7-9/h3-8H,2H2,1H3. The number of aryl methyl sites for hydroxylation is 1. The number of aromatic nitrogens is 1. The summed E-state index contributed by atoms with van der Waals surface area (Å²) in [4.78, 5) is 23.9. The fraction of sp³-hybridized carbons (Fsp3) is 0.167. The third-order valence-corrected chi connectivity index (χ3v) is 3.41. The quantitative estimate of drug-likeness (QED) is 0.762. The SMILES string of the molecule is CCn1sc(C(=O)c2ccccc2)cc1=O. The molecule has 0 aliphatic rings. The van der Waals surface area contributed by atoms with Crippen molar-refractivity contribution in [3.05, 3.63) is 57.2 Å². The Labute approximate surface area is 97.1 Å². The lowest BCUT2D eigenvalue weighted by Gasteiger charge is -1.96. The molecule has 0 spiro atoms. The minimum atomic E-state index is -0.105. The van der Waals surface area contributed by atoms with Crippen LogP contribution in [0.3, 0.4) is 0 Å². The van der Waals surface area contributed by atoms with E-state index in [0.29, 0.717) is 17.0 Å². The van der Waals surface area contributed by atoms with Gasteiger partial charge in [0.05, 0.1) is 4.88 Å². The summed E-state index contributed by atoms with van der Waals surface area (Å²) in [5.74, 6) is -0.0881. The van der Waals surface area contributed by atoms with E-state index in [2.05, 4.69) is 0 Å². The van der Waals surface area contributed by atoms with Gasteiger partial charge in [0.25, 0.3) is 5.56 Å². The second kappa shape index (κ2) is 4.45. The maximum absolute atomic E-state index is 12.0. The monoisotopic (exact) mass is 233 g/mol. The second-order valence-electron chi connectivity index (χ2n) is 3.33. The predicted octanol–water partition coefficient (Wildman–Crippen LogP) is 2.16. The van der Waals surface area contributed by atoms with Gasteiger partial charge >= 0.3 is 0 Å². The van der Waals surface area contributed by atoms with E-state index in [0.717, 1.165) is 0 Å². The van der Waals surface area contributed by atoms with Crippen LogP contribution in [-0.2, 0) is 6.54 Å². The van der Waals surface area contributed by atoms with Gasteiger partial charge in [-0.15, -0.1) is 0 Å². The molecule has 0 aliphatic carbocycles. The molecule has 0 aliphatic heterocycles. The van der Waals surface area contributed by atoms with E-state index in [4.69, 9.17) is 0 Å². The highest BCUT2D eigenvalue weighted by molar-refractivity contribution is 7.08. The number of hydrogen-bond acceptors (Lipinski definition) is 3. The minimum Gasteiger partial charge on any atom is -0.288 e. The molecule has 0 fully saturated rings. The molecule has 0 N–H and O–H groups in total. The summed E-state index contributed by atoms with van der Waals surface area (Å²) in [5, 5.41) is 0. The lowest BCUT2D eigenvalue weighted by atomic mass is 10.1. The number of ketones is 1. The van der Waals surface area contributed by atoms with Gasteiger partial charge in [-0.2, -0.15) is 0 Å². The van der Waals surface area contributed by atoms with Crippen LogP contribution < -0.4 is 5.56 Å². The zero-order valence-electron chi connectivity index (χ0n) is 8.84. The molecular weight excluding hydrogens is 222 g/mol. The van der Waals surface area contributed by atoms with Gasteiger partial charge in [-0.05, 0) is 6.92 Å². The molecular formula is C12H11NO2S. The van der Waals surface area contributed by atoms with E-state index in [1.54, 1.807) is 16.1 Å². The Morgan fingerprint density at radius 3 is 2.56 bits per heavy atom. The summed E-state index contributed by atoms with van der Waals surface area (Å²) in [6.07, 6.45) is 0. The lowest BCUT2D eigenvalue weighted by Crippen LogP contribution is -2.09. The second-order valence-corrected chi connectivity index (χ2v) is 4.39. The first-order valence-corrected chi connectivity index (χ1v) is 5.80. The Balaban J connectivity index is 2.38. The molecule has 0 amide bonds. The largest absolute Gasteiger partial charge is 0.288 e. The van der Waals surface area contributed by atoms with Gasteiger partial charge in [0, 0.05) is 18.2 Å². The van der Waals surface area contributed by atoms with Gasteiger partial charge in [-0.3, -0.25) is 13.5 Å². The van der Waals surface area contributed by atoms with Crippen molar-refractivity contribution in [1.29, 1.82) is 0 Å². The Morgan fingerprint density at radius 1 is 1.31 bits per heavy atom. The van der Waals surface area contributed by atoms with Crippen LogP contribution in [0.1, 0.15) is 22.2 Å². The summed E-state index contributed by atoms with van der Waals surface area (Å²) >= 11 is 1.22. The summed E-state index contributed by atoms with van der Waals surface area (Å²) in [6.45, 7) is 2.49. The zero-order valence-corrected chi connectivity index (χ0v) is 9.66. The Morgan fingerprint density at radius 2 is 2.00 bits per heavy atom. The zero-order chi connectivity index (χ0) is 11.5. The molecule has 0 atom stereocenters. The van der Waals surface area contributed by atoms with Crippen molar-refractivity contribution >= 4 is 17.3 Å². The van der Waals surface area contributed by atoms with Crippen molar-refractivity contribution in [3.8, 4) is 0 Å². The molecule has 0 saturated carbocycles. The number of nitrogens with zero attached hydrogens (tertiary/aromatic N) is 1. The van der Waals surface area contributed by atoms with Crippen LogP contribution in [0, 0.1) is 0 Å². The van der Waals surface area contributed by atoms with E-state index in [9.17, 15) is 9.59 Å². The number of carbonyl (C=O) groups excluding carboxylic acids is 1. The molecule has 0 unspecified atom stereocenters. The van der Waals surface area contributed by atoms with Gasteiger partial charge in [-0.1, -0.05) is 41.9 Å². The minimum absolute atomic E-state index is 0.0881. The van der Waals surface area contributed by atoms with Crippen LogP contribution >= 0.6 is 11.5 Å². The Kier molecular flexibility index (Phi) is 3.01. The van der Waals surface area contributed by atoms with Crippen molar-refractivity contribution in [2.45, 2.75) is 13.5 Å². The highest BCUT2D eigenvalue weighted by atomic mass is 32.1. The highest BCUT2D eigenvalue weighted by Gasteiger charge is 2.13. The molecule has 0 saturated heterocycles. The molecule has 4 heteroatoms. The molecule has 2 aromatic rings. The van der Waals surface area contributed by atoms with Gasteiger partial charge in [0.1, 0.15) is 0 Å². The fourth-order valence-corrected chi connectivity index (χ4v) is 2.30. The summed E-state index contributed by atoms with van der Waals surface area (Å²) in [6, 6.07) is 10.4. The highest BCUT2D eigenvalue weighted by Crippen LogP contribution is 2.12. The van der Waals surface area contributed by atoms with Crippen molar-refractivity contribution in [1.82, 2.24) is 3.96 Å². The average molecular weight is 233 g/mol. The molecule has 1 aromatic carbocycles. The Bertz CT molecular complexity index is 554. The molecule has 0 radical (unpaired) electrons. The molecule has 3 nitrogen and oxygen atoms in total.